The Labute approximate surface area is 51.6 Å². The molecule has 0 aromatic rings. The van der Waals surface area contributed by atoms with Gasteiger partial charge in [0, 0.05) is 0 Å². The first-order valence-electron chi connectivity index (χ1n) is 1.55. The lowest BCUT2D eigenvalue weighted by atomic mass is 10.7. The normalized spacial score (nSPS) is 5.67. The van der Waals surface area contributed by atoms with Gasteiger partial charge in [0.2, 0.25) is 1.43 Å². The van der Waals surface area contributed by atoms with Crippen LogP contribution < -0.4 is 6.15 Å². The molecule has 0 bridgehead atoms. The maximum Gasteiger partial charge on any atom is 0.414 e. The molecule has 0 fully saturated rings. The van der Waals surface area contributed by atoms with Crippen molar-refractivity contribution in [1.82, 2.24) is 6.15 Å². The molecule has 0 aromatic carbocycles. The molecule has 7 nitrogen and oxygen atoms in total. The van der Waals surface area contributed by atoms with Crippen molar-refractivity contribution < 1.29 is 32.2 Å². The largest absolute Gasteiger partial charge is 0.473 e. The van der Waals surface area contributed by atoms with Crippen molar-refractivity contribution in [3.63, 3.8) is 0 Å². The molecule has 0 aliphatic rings. The van der Waals surface area contributed by atoms with E-state index in [0.717, 1.165) is 0 Å². The quantitative estimate of drug-likeness (QED) is 0.322. The van der Waals surface area contributed by atoms with Crippen molar-refractivity contribution in [2.24, 2.45) is 0 Å². The molecule has 0 spiro atoms. The molecule has 9 N–H and O–H groups in total. The third kappa shape index (κ3) is 19.9. The van der Waals surface area contributed by atoms with Gasteiger partial charge in [0.05, 0.1) is 0 Å². The molecule has 0 aromatic heterocycles. The second kappa shape index (κ2) is 9.94. The fraction of sp³-hybridized carbons (Fsp3) is 0. The van der Waals surface area contributed by atoms with Gasteiger partial charge in [0.25, 0.3) is 0 Å². The van der Waals surface area contributed by atoms with Crippen LogP contribution in [0.3, 0.4) is 0 Å². The molecule has 0 atom stereocenters. The number of aliphatic carboxylic acids is 2. The van der Waals surface area contributed by atoms with Crippen molar-refractivity contribution in [2.75, 3.05) is 0 Å². The third-order valence-electron chi connectivity index (χ3n) is 0.183. The number of rotatable bonds is 0. The summed E-state index contributed by atoms with van der Waals surface area (Å²) in [6.45, 7) is 0. The number of carbonyl (C=O) groups is 2. The molecule has 0 amide bonds. The summed E-state index contributed by atoms with van der Waals surface area (Å²) in [4.78, 5) is 18.2. The van der Waals surface area contributed by atoms with E-state index >= 15 is 0 Å². The Kier molecular flexibility index (Phi) is 17.3. The summed E-state index contributed by atoms with van der Waals surface area (Å²) in [5.74, 6) is -3.65. The van der Waals surface area contributed by atoms with E-state index in [2.05, 4.69) is 0 Å². The molecule has 0 saturated heterocycles. The maximum absolute atomic E-state index is 9.10. The van der Waals surface area contributed by atoms with E-state index in [4.69, 9.17) is 26.7 Å². The van der Waals surface area contributed by atoms with Crippen LogP contribution in [0.4, 0.5) is 0 Å². The molecule has 7 heteroatoms. The van der Waals surface area contributed by atoms with Gasteiger partial charge < -0.3 is 27.3 Å². The molecule has 0 rings (SSSR count). The number of hydrogen-bond donors (Lipinski definition) is 3. The van der Waals surface area contributed by atoms with Crippen LogP contribution in [0.1, 0.15) is 1.43 Å². The molecule has 0 aliphatic heterocycles. The fourth-order valence-electron chi connectivity index (χ4n) is 0. The van der Waals surface area contributed by atoms with Crippen LogP contribution in [0, 0.1) is 0 Å². The molecular formula is C2H9NO6. The molecular weight excluding hydrogens is 134 g/mol. The average molecular weight is 144 g/mol. The highest BCUT2D eigenvalue weighted by Gasteiger charge is 2.04. The maximum atomic E-state index is 9.10. The van der Waals surface area contributed by atoms with E-state index in [-0.39, 0.29) is 11.6 Å². The first kappa shape index (κ1) is 15.7. The van der Waals surface area contributed by atoms with Gasteiger partial charge in [-0.3, -0.25) is 0 Å². The Balaban J connectivity index is -0.0000000412. The zero-order valence-electron chi connectivity index (χ0n) is 5.37. The molecule has 58 valence electrons. The number of carboxylic acid groups (broad SMARTS) is 2. The Hall–Kier alpha value is -1.18. The number of carboxylic acids is 2. The van der Waals surface area contributed by atoms with Gasteiger partial charge in [0.1, 0.15) is 0 Å². The van der Waals surface area contributed by atoms with Crippen molar-refractivity contribution in [3.8, 4) is 0 Å². The van der Waals surface area contributed by atoms with Gasteiger partial charge in [-0.1, -0.05) is 0 Å². The van der Waals surface area contributed by atoms with Crippen LogP contribution in [-0.2, 0) is 9.59 Å². The molecule has 0 unspecified atom stereocenters. The molecule has 9 heavy (non-hydrogen) atoms. The predicted octanol–water partition coefficient (Wildman–Crippen LogP) is -2.33. The summed E-state index contributed by atoms with van der Waals surface area (Å²) in [6.07, 6.45) is 0. The zero-order chi connectivity index (χ0) is 7.15. The third-order valence-corrected chi connectivity index (χ3v) is 0.183. The fourth-order valence-corrected chi connectivity index (χ4v) is 0. The second-order valence-electron chi connectivity index (χ2n) is 0.610. The summed E-state index contributed by atoms with van der Waals surface area (Å²) >= 11 is 0. The minimum Gasteiger partial charge on any atom is -0.473 e. The molecule has 0 saturated carbocycles. The lowest BCUT2D eigenvalue weighted by Gasteiger charge is -1.72. The smallest absolute Gasteiger partial charge is 0.414 e. The minimum atomic E-state index is -1.82. The van der Waals surface area contributed by atoms with Gasteiger partial charge in [-0.15, -0.1) is 0 Å². The highest BCUT2D eigenvalue weighted by atomic mass is 16.4. The van der Waals surface area contributed by atoms with Gasteiger partial charge in [-0.25, -0.2) is 9.59 Å². The van der Waals surface area contributed by atoms with E-state index in [9.17, 15) is 0 Å². The summed E-state index contributed by atoms with van der Waals surface area (Å²) in [5.41, 5.74) is 6.25. The van der Waals surface area contributed by atoms with Crippen LogP contribution in [0.25, 0.3) is 0 Å². The van der Waals surface area contributed by atoms with Crippen LogP contribution in [-0.4, -0.2) is 33.1 Å². The lowest BCUT2D eigenvalue weighted by Crippen LogP contribution is -2.09. The van der Waals surface area contributed by atoms with Gasteiger partial charge in [-0.2, -0.15) is 0 Å². The summed E-state index contributed by atoms with van der Waals surface area (Å²) in [6, 6.07) is 0. The second-order valence-corrected chi connectivity index (χ2v) is 0.610. The summed E-state index contributed by atoms with van der Waals surface area (Å²) in [5, 5.41) is 14.8. The Bertz CT molecular complexity index is 81.7. The highest BCUT2D eigenvalue weighted by Crippen LogP contribution is 1.56. The van der Waals surface area contributed by atoms with Crippen molar-refractivity contribution >= 4 is 11.9 Å². The molecule has 0 radical (unpaired) electrons. The van der Waals surface area contributed by atoms with Crippen molar-refractivity contribution in [2.45, 2.75) is 0 Å². The summed E-state index contributed by atoms with van der Waals surface area (Å²) < 4.78 is 4.75. The summed E-state index contributed by atoms with van der Waals surface area (Å²) in [7, 11) is 0. The zero-order valence-corrected chi connectivity index (χ0v) is 4.37. The standard InChI is InChI=1S/C2H2O4.H3N.2H2O/c3-1(4)2(5)6;;;/h(H,3,4)(H,5,6);1H3;2*1H2/i/hD. The van der Waals surface area contributed by atoms with Crippen molar-refractivity contribution in [3.05, 3.63) is 0 Å². The topological polar surface area (TPSA) is 173 Å². The number of hydrogen-bond acceptors (Lipinski definition) is 3. The highest BCUT2D eigenvalue weighted by molar-refractivity contribution is 6.27. The Morgan fingerprint density at radius 2 is 1.22 bits per heavy atom. The van der Waals surface area contributed by atoms with Crippen LogP contribution in [0.2, 0.25) is 0 Å². The van der Waals surface area contributed by atoms with Gasteiger partial charge in [0.15, 0.2) is 0 Å². The average Bonchev–Trinajstić information content (AvgIpc) is 1.72. The minimum absolute atomic E-state index is 0. The van der Waals surface area contributed by atoms with E-state index in [1.807, 2.05) is 0 Å². The SMILES string of the molecule is N.O.O=C(O)C(=O)O.[2H]O. The van der Waals surface area contributed by atoms with E-state index in [0.29, 0.717) is 0 Å². The Morgan fingerprint density at radius 1 is 1.11 bits per heavy atom. The van der Waals surface area contributed by atoms with E-state index in [1.165, 1.54) is 0 Å². The monoisotopic (exact) mass is 144 g/mol. The Morgan fingerprint density at radius 3 is 1.22 bits per heavy atom. The van der Waals surface area contributed by atoms with E-state index in [1.54, 1.807) is 0 Å². The van der Waals surface area contributed by atoms with Crippen LogP contribution in [0.15, 0.2) is 0 Å². The van der Waals surface area contributed by atoms with E-state index < -0.39 is 11.9 Å². The molecule has 0 heterocycles. The van der Waals surface area contributed by atoms with Gasteiger partial charge in [-0.05, 0) is 0 Å². The predicted molar refractivity (Wildman–Crippen MR) is 27.5 cm³/mol. The van der Waals surface area contributed by atoms with Crippen molar-refractivity contribution in [1.29, 1.82) is 0 Å². The van der Waals surface area contributed by atoms with Gasteiger partial charge >= 0.3 is 11.9 Å². The van der Waals surface area contributed by atoms with Crippen LogP contribution >= 0.6 is 0 Å². The first-order valence-corrected chi connectivity index (χ1v) is 1.11. The lowest BCUT2D eigenvalue weighted by molar-refractivity contribution is -0.159. The first-order chi connectivity index (χ1) is 3.64. The molecule has 0 aliphatic carbocycles. The van der Waals surface area contributed by atoms with Crippen LogP contribution in [0.5, 0.6) is 0 Å².